The van der Waals surface area contributed by atoms with Gasteiger partial charge in [-0.2, -0.15) is 0 Å². The zero-order valence-electron chi connectivity index (χ0n) is 17.7. The van der Waals surface area contributed by atoms with Crippen LogP contribution < -0.4 is 9.47 Å². The highest BCUT2D eigenvalue weighted by molar-refractivity contribution is 5.95. The zero-order valence-corrected chi connectivity index (χ0v) is 17.7. The molecule has 0 aromatic heterocycles. The first-order valence-electron chi connectivity index (χ1n) is 9.92. The van der Waals surface area contributed by atoms with E-state index in [1.54, 1.807) is 50.9 Å². The number of aromatic hydroxyl groups is 2. The predicted molar refractivity (Wildman–Crippen MR) is 128 cm³/mol. The van der Waals surface area contributed by atoms with E-state index in [1.807, 2.05) is 36.4 Å². The SMILES string of the molecule is COc1ccc(C=Nc2cc3ccccc3cc2N=Cc2ccc(OC)cc2O)c(O)c1. The summed E-state index contributed by atoms with van der Waals surface area (Å²) in [6, 6.07) is 21.9. The number of nitrogens with zero attached hydrogens (tertiary/aromatic N) is 2. The Morgan fingerprint density at radius 3 is 1.44 bits per heavy atom. The number of aliphatic imine (C=N–C) groups is 2. The van der Waals surface area contributed by atoms with Crippen LogP contribution in [0.3, 0.4) is 0 Å². The molecule has 0 aliphatic carbocycles. The quantitative estimate of drug-likeness (QED) is 0.384. The van der Waals surface area contributed by atoms with Gasteiger partial charge in [0.1, 0.15) is 23.0 Å². The van der Waals surface area contributed by atoms with Crippen LogP contribution >= 0.6 is 0 Å². The van der Waals surface area contributed by atoms with Crippen molar-refractivity contribution in [2.45, 2.75) is 0 Å². The Hall–Kier alpha value is -4.32. The van der Waals surface area contributed by atoms with Crippen molar-refractivity contribution in [1.29, 1.82) is 0 Å². The third-order valence-corrected chi connectivity index (χ3v) is 5.00. The molecule has 2 N–H and O–H groups in total. The Morgan fingerprint density at radius 1 is 0.625 bits per heavy atom. The summed E-state index contributed by atoms with van der Waals surface area (Å²) in [6.07, 6.45) is 3.17. The van der Waals surface area contributed by atoms with Gasteiger partial charge in [0.05, 0.1) is 25.6 Å². The molecule has 4 aromatic carbocycles. The van der Waals surface area contributed by atoms with Crippen LogP contribution in [0.25, 0.3) is 10.8 Å². The molecule has 0 fully saturated rings. The fourth-order valence-corrected chi connectivity index (χ4v) is 3.22. The normalized spacial score (nSPS) is 11.4. The summed E-state index contributed by atoms with van der Waals surface area (Å²) in [4.78, 5) is 9.17. The van der Waals surface area contributed by atoms with Gasteiger partial charge >= 0.3 is 0 Å². The van der Waals surface area contributed by atoms with E-state index >= 15 is 0 Å². The Bertz CT molecular complexity index is 1230. The Kier molecular flexibility index (Phi) is 6.03. The maximum Gasteiger partial charge on any atom is 0.128 e. The molecular formula is C26H22N2O4. The molecule has 0 radical (unpaired) electrons. The summed E-state index contributed by atoms with van der Waals surface area (Å²) in [6.45, 7) is 0. The lowest BCUT2D eigenvalue weighted by Gasteiger charge is -2.06. The topological polar surface area (TPSA) is 83.6 Å². The predicted octanol–water partition coefficient (Wildman–Crippen LogP) is 5.77. The van der Waals surface area contributed by atoms with E-state index < -0.39 is 0 Å². The van der Waals surface area contributed by atoms with Gasteiger partial charge in [-0.05, 0) is 47.2 Å². The van der Waals surface area contributed by atoms with Crippen LogP contribution in [0.4, 0.5) is 11.4 Å². The molecule has 4 rings (SSSR count). The second-order valence-corrected chi connectivity index (χ2v) is 7.05. The van der Waals surface area contributed by atoms with Gasteiger partial charge in [0, 0.05) is 35.7 Å². The Morgan fingerprint density at radius 2 is 1.06 bits per heavy atom. The first kappa shape index (κ1) is 20.9. The maximum absolute atomic E-state index is 10.2. The van der Waals surface area contributed by atoms with E-state index in [0.29, 0.717) is 34.0 Å². The number of benzene rings is 4. The number of phenolic OH excluding ortho intramolecular Hbond substituents is 2. The molecule has 160 valence electrons. The van der Waals surface area contributed by atoms with E-state index in [4.69, 9.17) is 9.47 Å². The van der Waals surface area contributed by atoms with Gasteiger partial charge in [-0.3, -0.25) is 9.98 Å². The number of ether oxygens (including phenoxy) is 2. The van der Waals surface area contributed by atoms with Crippen molar-refractivity contribution in [3.05, 3.63) is 83.9 Å². The van der Waals surface area contributed by atoms with Crippen LogP contribution in [-0.4, -0.2) is 36.9 Å². The molecule has 0 bridgehead atoms. The molecule has 32 heavy (non-hydrogen) atoms. The van der Waals surface area contributed by atoms with Gasteiger partial charge in [-0.15, -0.1) is 0 Å². The highest BCUT2D eigenvalue weighted by Gasteiger charge is 2.06. The summed E-state index contributed by atoms with van der Waals surface area (Å²) in [5.74, 6) is 1.27. The molecule has 0 spiro atoms. The molecule has 0 amide bonds. The molecule has 0 aliphatic rings. The van der Waals surface area contributed by atoms with Gasteiger partial charge in [-0.1, -0.05) is 24.3 Å². The van der Waals surface area contributed by atoms with Crippen LogP contribution in [-0.2, 0) is 0 Å². The second-order valence-electron chi connectivity index (χ2n) is 7.05. The summed E-state index contributed by atoms with van der Waals surface area (Å²) < 4.78 is 10.3. The molecule has 0 saturated carbocycles. The lowest BCUT2D eigenvalue weighted by molar-refractivity contribution is 0.407. The molecule has 0 saturated heterocycles. The van der Waals surface area contributed by atoms with Crippen LogP contribution in [0.1, 0.15) is 11.1 Å². The monoisotopic (exact) mass is 426 g/mol. The molecule has 0 heterocycles. The molecule has 0 aliphatic heterocycles. The number of rotatable bonds is 6. The lowest BCUT2D eigenvalue weighted by atomic mass is 10.1. The summed E-state index contributed by atoms with van der Waals surface area (Å²) in [5.41, 5.74) is 2.37. The standard InChI is InChI=1S/C26H22N2O4/c1-31-21-9-7-19(25(29)13-21)15-27-23-11-17-5-3-4-6-18(17)12-24(23)28-16-20-8-10-22(32-2)14-26(20)30/h3-16,29-30H,1-2H3. The van der Waals surface area contributed by atoms with Gasteiger partial charge < -0.3 is 19.7 Å². The van der Waals surface area contributed by atoms with Gasteiger partial charge in [0.15, 0.2) is 0 Å². The van der Waals surface area contributed by atoms with Gasteiger partial charge in [-0.25, -0.2) is 0 Å². The van der Waals surface area contributed by atoms with E-state index in [0.717, 1.165) is 10.8 Å². The van der Waals surface area contributed by atoms with Crippen LogP contribution in [0, 0.1) is 0 Å². The van der Waals surface area contributed by atoms with Crippen LogP contribution in [0.5, 0.6) is 23.0 Å². The minimum Gasteiger partial charge on any atom is -0.507 e. The number of hydrogen-bond donors (Lipinski definition) is 2. The van der Waals surface area contributed by atoms with Crippen molar-refractivity contribution >= 4 is 34.6 Å². The van der Waals surface area contributed by atoms with Crippen molar-refractivity contribution in [3.8, 4) is 23.0 Å². The van der Waals surface area contributed by atoms with E-state index in [2.05, 4.69) is 9.98 Å². The largest absolute Gasteiger partial charge is 0.507 e. The van der Waals surface area contributed by atoms with Crippen molar-refractivity contribution in [3.63, 3.8) is 0 Å². The summed E-state index contributed by atoms with van der Waals surface area (Å²) in [7, 11) is 3.09. The minimum atomic E-state index is 0.0714. The van der Waals surface area contributed by atoms with Crippen molar-refractivity contribution in [2.24, 2.45) is 9.98 Å². The fraction of sp³-hybridized carbons (Fsp3) is 0.0769. The average Bonchev–Trinajstić information content (AvgIpc) is 2.82. The molecule has 6 nitrogen and oxygen atoms in total. The third kappa shape index (κ3) is 4.54. The fourth-order valence-electron chi connectivity index (χ4n) is 3.22. The Labute approximate surface area is 185 Å². The minimum absolute atomic E-state index is 0.0714. The number of fused-ring (bicyclic) bond motifs is 1. The van der Waals surface area contributed by atoms with E-state index in [9.17, 15) is 10.2 Å². The van der Waals surface area contributed by atoms with E-state index in [1.165, 1.54) is 12.1 Å². The molecule has 6 heteroatoms. The lowest BCUT2D eigenvalue weighted by Crippen LogP contribution is -1.87. The number of phenols is 2. The van der Waals surface area contributed by atoms with E-state index in [-0.39, 0.29) is 11.5 Å². The zero-order chi connectivity index (χ0) is 22.5. The number of hydrogen-bond acceptors (Lipinski definition) is 6. The van der Waals surface area contributed by atoms with Crippen LogP contribution in [0.2, 0.25) is 0 Å². The first-order chi connectivity index (χ1) is 15.6. The highest BCUT2D eigenvalue weighted by atomic mass is 16.5. The van der Waals surface area contributed by atoms with Crippen molar-refractivity contribution < 1.29 is 19.7 Å². The maximum atomic E-state index is 10.2. The second kappa shape index (κ2) is 9.22. The summed E-state index contributed by atoms with van der Waals surface area (Å²) in [5, 5.41) is 22.5. The van der Waals surface area contributed by atoms with Gasteiger partial charge in [0.2, 0.25) is 0 Å². The molecule has 4 aromatic rings. The summed E-state index contributed by atoms with van der Waals surface area (Å²) >= 11 is 0. The number of methoxy groups -OCH3 is 2. The first-order valence-corrected chi connectivity index (χ1v) is 9.92. The van der Waals surface area contributed by atoms with Crippen LogP contribution in [0.15, 0.2) is 82.8 Å². The Balaban J connectivity index is 1.74. The molecular weight excluding hydrogens is 404 g/mol. The highest BCUT2D eigenvalue weighted by Crippen LogP contribution is 2.34. The van der Waals surface area contributed by atoms with Crippen molar-refractivity contribution in [2.75, 3.05) is 14.2 Å². The smallest absolute Gasteiger partial charge is 0.128 e. The molecule has 0 unspecified atom stereocenters. The third-order valence-electron chi connectivity index (χ3n) is 5.00. The average molecular weight is 426 g/mol. The van der Waals surface area contributed by atoms with Gasteiger partial charge in [0.25, 0.3) is 0 Å². The van der Waals surface area contributed by atoms with Crippen molar-refractivity contribution in [1.82, 2.24) is 0 Å². The molecule has 0 atom stereocenters.